The Morgan fingerprint density at radius 2 is 1.89 bits per heavy atom. The Morgan fingerprint density at radius 3 is 2.44 bits per heavy atom. The molecule has 18 heavy (non-hydrogen) atoms. The molecular weight excluding hydrogens is 232 g/mol. The second kappa shape index (κ2) is 6.70. The van der Waals surface area contributed by atoms with E-state index in [0.717, 1.165) is 0 Å². The van der Waals surface area contributed by atoms with Crippen LogP contribution in [0.2, 0.25) is 0 Å². The van der Waals surface area contributed by atoms with Crippen LogP contribution in [0.25, 0.3) is 0 Å². The smallest absolute Gasteiger partial charge is 0.269 e. The van der Waals surface area contributed by atoms with Gasteiger partial charge >= 0.3 is 0 Å². The van der Waals surface area contributed by atoms with Crippen LogP contribution in [-0.2, 0) is 4.79 Å². The molecule has 0 aliphatic heterocycles. The van der Waals surface area contributed by atoms with Gasteiger partial charge in [0.1, 0.15) is 0 Å². The molecule has 98 valence electrons. The topological polar surface area (TPSA) is 97.1 Å². The molecule has 6 nitrogen and oxygen atoms in total. The maximum Gasteiger partial charge on any atom is 0.269 e. The highest BCUT2D eigenvalue weighted by molar-refractivity contribution is 5.95. The van der Waals surface area contributed by atoms with Gasteiger partial charge in [0.15, 0.2) is 0 Å². The quantitative estimate of drug-likeness (QED) is 0.666. The lowest BCUT2D eigenvalue weighted by atomic mass is 10.0. The predicted octanol–water partition coefficient (Wildman–Crippen LogP) is 0.216. The largest absolute Gasteiger partial charge is 0.320 e. The lowest BCUT2D eigenvalue weighted by Crippen LogP contribution is -2.49. The van der Waals surface area contributed by atoms with Crippen molar-refractivity contribution in [2.75, 3.05) is 0 Å². The summed E-state index contributed by atoms with van der Waals surface area (Å²) >= 11 is 0. The van der Waals surface area contributed by atoms with Crippen LogP contribution in [0.1, 0.15) is 30.6 Å². The average Bonchev–Trinajstić information content (AvgIpc) is 2.35. The summed E-state index contributed by atoms with van der Waals surface area (Å²) < 4.78 is 0. The molecule has 0 aliphatic rings. The minimum Gasteiger partial charge on any atom is -0.320 e. The maximum atomic E-state index is 11.6. The number of aromatic nitrogens is 1. The van der Waals surface area contributed by atoms with E-state index >= 15 is 0 Å². The number of hydrogen-bond donors (Lipinski definition) is 3. The van der Waals surface area contributed by atoms with Crippen LogP contribution in [0.15, 0.2) is 24.5 Å². The molecule has 0 aromatic carbocycles. The van der Waals surface area contributed by atoms with Gasteiger partial charge in [-0.25, -0.2) is 0 Å². The third-order valence-corrected chi connectivity index (χ3v) is 2.30. The molecule has 6 heteroatoms. The molecule has 1 atom stereocenters. The van der Waals surface area contributed by atoms with Crippen molar-refractivity contribution in [3.8, 4) is 0 Å². The fraction of sp³-hybridized carbons (Fsp3) is 0.417. The SMILES string of the molecule is CC(C)CC(N)C(=O)NNC(=O)c1ccncc1. The van der Waals surface area contributed by atoms with E-state index in [4.69, 9.17) is 5.73 Å². The van der Waals surface area contributed by atoms with E-state index in [1.165, 1.54) is 12.4 Å². The number of amides is 2. The van der Waals surface area contributed by atoms with Crippen LogP contribution < -0.4 is 16.6 Å². The van der Waals surface area contributed by atoms with Crippen LogP contribution in [0.5, 0.6) is 0 Å². The first-order valence-electron chi connectivity index (χ1n) is 5.76. The summed E-state index contributed by atoms with van der Waals surface area (Å²) in [5.41, 5.74) is 10.7. The first-order chi connectivity index (χ1) is 8.50. The average molecular weight is 250 g/mol. The first-order valence-corrected chi connectivity index (χ1v) is 5.76. The van der Waals surface area contributed by atoms with Crippen molar-refractivity contribution in [3.05, 3.63) is 30.1 Å². The number of nitrogens with zero attached hydrogens (tertiary/aromatic N) is 1. The van der Waals surface area contributed by atoms with E-state index < -0.39 is 17.9 Å². The summed E-state index contributed by atoms with van der Waals surface area (Å²) in [5, 5.41) is 0. The minimum atomic E-state index is -0.622. The van der Waals surface area contributed by atoms with E-state index in [-0.39, 0.29) is 0 Å². The zero-order valence-electron chi connectivity index (χ0n) is 10.5. The lowest BCUT2D eigenvalue weighted by molar-refractivity contribution is -0.123. The van der Waals surface area contributed by atoms with Crippen molar-refractivity contribution in [1.82, 2.24) is 15.8 Å². The zero-order chi connectivity index (χ0) is 13.5. The highest BCUT2D eigenvalue weighted by atomic mass is 16.2. The number of carbonyl (C=O) groups is 2. The summed E-state index contributed by atoms with van der Waals surface area (Å²) in [4.78, 5) is 26.9. The van der Waals surface area contributed by atoms with Crippen molar-refractivity contribution >= 4 is 11.8 Å². The molecule has 1 heterocycles. The normalized spacial score (nSPS) is 12.0. The molecule has 0 saturated carbocycles. The number of carbonyl (C=O) groups excluding carboxylic acids is 2. The van der Waals surface area contributed by atoms with Gasteiger partial charge in [-0.2, -0.15) is 0 Å². The standard InChI is InChI=1S/C12H18N4O2/c1-8(2)7-10(13)12(18)16-15-11(17)9-3-5-14-6-4-9/h3-6,8,10H,7,13H2,1-2H3,(H,15,17)(H,16,18). The van der Waals surface area contributed by atoms with Crippen LogP contribution in [0.4, 0.5) is 0 Å². The Labute approximate surface area is 106 Å². The second-order valence-electron chi connectivity index (χ2n) is 4.42. The van der Waals surface area contributed by atoms with Gasteiger partial charge in [-0.15, -0.1) is 0 Å². The van der Waals surface area contributed by atoms with Gasteiger partial charge in [-0.1, -0.05) is 13.8 Å². The minimum absolute atomic E-state index is 0.321. The molecule has 0 aliphatic carbocycles. The van der Waals surface area contributed by atoms with Gasteiger partial charge in [0.2, 0.25) is 0 Å². The van der Waals surface area contributed by atoms with E-state index in [1.807, 2.05) is 13.8 Å². The Balaban J connectivity index is 2.41. The Morgan fingerprint density at radius 1 is 1.28 bits per heavy atom. The maximum absolute atomic E-state index is 11.6. The van der Waals surface area contributed by atoms with Crippen molar-refractivity contribution in [2.45, 2.75) is 26.3 Å². The van der Waals surface area contributed by atoms with E-state index in [9.17, 15) is 9.59 Å². The molecule has 0 spiro atoms. The van der Waals surface area contributed by atoms with Gasteiger partial charge in [-0.3, -0.25) is 25.4 Å². The molecule has 1 rings (SSSR count). The number of rotatable bonds is 4. The van der Waals surface area contributed by atoms with E-state index in [1.54, 1.807) is 12.1 Å². The third-order valence-electron chi connectivity index (χ3n) is 2.30. The van der Waals surface area contributed by atoms with Crippen LogP contribution in [0, 0.1) is 5.92 Å². The van der Waals surface area contributed by atoms with Crippen LogP contribution in [0.3, 0.4) is 0 Å². The lowest BCUT2D eigenvalue weighted by Gasteiger charge is -2.14. The molecular formula is C12H18N4O2. The molecule has 0 radical (unpaired) electrons. The first kappa shape index (κ1) is 14.1. The predicted molar refractivity (Wildman–Crippen MR) is 67.3 cm³/mol. The van der Waals surface area contributed by atoms with Gasteiger partial charge in [0, 0.05) is 18.0 Å². The number of hydrazine groups is 1. The van der Waals surface area contributed by atoms with Gasteiger partial charge in [-0.05, 0) is 24.5 Å². The van der Waals surface area contributed by atoms with Crippen LogP contribution >= 0.6 is 0 Å². The van der Waals surface area contributed by atoms with Crippen molar-refractivity contribution in [3.63, 3.8) is 0 Å². The molecule has 4 N–H and O–H groups in total. The zero-order valence-corrected chi connectivity index (χ0v) is 10.5. The summed E-state index contributed by atoms with van der Waals surface area (Å²) in [5.74, 6) is -0.477. The van der Waals surface area contributed by atoms with Crippen molar-refractivity contribution < 1.29 is 9.59 Å². The molecule has 0 bridgehead atoms. The monoisotopic (exact) mass is 250 g/mol. The Bertz CT molecular complexity index is 406. The summed E-state index contributed by atoms with van der Waals surface area (Å²) in [6.07, 6.45) is 3.57. The molecule has 0 saturated heterocycles. The highest BCUT2D eigenvalue weighted by Gasteiger charge is 2.15. The highest BCUT2D eigenvalue weighted by Crippen LogP contribution is 2.02. The molecule has 1 unspecified atom stereocenters. The fourth-order valence-corrected chi connectivity index (χ4v) is 1.40. The van der Waals surface area contributed by atoms with E-state index in [0.29, 0.717) is 17.9 Å². The molecule has 2 amide bonds. The summed E-state index contributed by atoms with van der Waals surface area (Å²) in [6, 6.07) is 2.48. The van der Waals surface area contributed by atoms with Gasteiger partial charge < -0.3 is 5.73 Å². The Hall–Kier alpha value is -1.95. The van der Waals surface area contributed by atoms with Crippen molar-refractivity contribution in [1.29, 1.82) is 0 Å². The summed E-state index contributed by atoms with van der Waals surface area (Å²) in [6.45, 7) is 3.95. The molecule has 0 fully saturated rings. The number of hydrogen-bond acceptors (Lipinski definition) is 4. The number of nitrogens with one attached hydrogen (secondary N) is 2. The third kappa shape index (κ3) is 4.50. The van der Waals surface area contributed by atoms with Crippen molar-refractivity contribution in [2.24, 2.45) is 11.7 Å². The van der Waals surface area contributed by atoms with Gasteiger partial charge in [0.05, 0.1) is 6.04 Å². The van der Waals surface area contributed by atoms with E-state index in [2.05, 4.69) is 15.8 Å². The number of nitrogens with two attached hydrogens (primary N) is 1. The van der Waals surface area contributed by atoms with Crippen LogP contribution in [-0.4, -0.2) is 22.8 Å². The molecule has 1 aromatic rings. The van der Waals surface area contributed by atoms with Gasteiger partial charge in [0.25, 0.3) is 11.8 Å². The number of pyridine rings is 1. The molecule has 1 aromatic heterocycles. The second-order valence-corrected chi connectivity index (χ2v) is 4.42. The fourth-order valence-electron chi connectivity index (χ4n) is 1.40. The Kier molecular flexibility index (Phi) is 5.26. The summed E-state index contributed by atoms with van der Waals surface area (Å²) in [7, 11) is 0.